The number of nitrogens with one attached hydrogen (secondary N) is 1. The lowest BCUT2D eigenvalue weighted by atomic mass is 9.89. The van der Waals surface area contributed by atoms with Gasteiger partial charge in [0.05, 0.1) is 0 Å². The maximum absolute atomic E-state index is 13.5. The molecule has 0 atom stereocenters. The standard InChI is InChI=1S/C16H24FN/c1-12-8-15(9-13(2)16(12)17)11-18-10-14-6-4-3-5-7-14/h8-9,14,18H,3-7,10-11H2,1-2H3. The molecule has 1 nitrogen and oxygen atoms in total. The first kappa shape index (κ1) is 13.5. The molecule has 0 spiro atoms. The third-order valence-corrected chi connectivity index (χ3v) is 3.98. The molecule has 1 aromatic rings. The van der Waals surface area contributed by atoms with Crippen molar-refractivity contribution in [2.45, 2.75) is 52.5 Å². The van der Waals surface area contributed by atoms with Crippen molar-refractivity contribution in [1.82, 2.24) is 5.32 Å². The number of aryl methyl sites for hydroxylation is 2. The van der Waals surface area contributed by atoms with Gasteiger partial charge in [0.1, 0.15) is 5.82 Å². The fourth-order valence-electron chi connectivity index (χ4n) is 2.95. The molecule has 0 saturated heterocycles. The predicted octanol–water partition coefficient (Wildman–Crippen LogP) is 4.11. The van der Waals surface area contributed by atoms with E-state index in [-0.39, 0.29) is 5.82 Å². The number of halogens is 1. The van der Waals surface area contributed by atoms with E-state index in [2.05, 4.69) is 5.32 Å². The molecular weight excluding hydrogens is 225 g/mol. The van der Waals surface area contributed by atoms with Gasteiger partial charge in [0, 0.05) is 6.54 Å². The summed E-state index contributed by atoms with van der Waals surface area (Å²) < 4.78 is 13.5. The van der Waals surface area contributed by atoms with Crippen molar-refractivity contribution in [2.75, 3.05) is 6.54 Å². The van der Waals surface area contributed by atoms with Gasteiger partial charge in [0.2, 0.25) is 0 Å². The average Bonchev–Trinajstić information content (AvgIpc) is 2.37. The van der Waals surface area contributed by atoms with Crippen LogP contribution in [0.3, 0.4) is 0 Å². The first-order valence-corrected chi connectivity index (χ1v) is 7.13. The highest BCUT2D eigenvalue weighted by Crippen LogP contribution is 2.23. The molecule has 2 rings (SSSR count). The van der Waals surface area contributed by atoms with Gasteiger partial charge in [-0.1, -0.05) is 31.4 Å². The van der Waals surface area contributed by atoms with E-state index in [1.165, 1.54) is 37.7 Å². The Morgan fingerprint density at radius 1 is 1.11 bits per heavy atom. The van der Waals surface area contributed by atoms with E-state index in [0.29, 0.717) is 0 Å². The topological polar surface area (TPSA) is 12.0 Å². The summed E-state index contributed by atoms with van der Waals surface area (Å²) in [6.07, 6.45) is 6.93. The molecule has 0 unspecified atom stereocenters. The maximum Gasteiger partial charge on any atom is 0.129 e. The van der Waals surface area contributed by atoms with Gasteiger partial charge in [0.15, 0.2) is 0 Å². The summed E-state index contributed by atoms with van der Waals surface area (Å²) in [5.74, 6) is 0.785. The molecule has 100 valence electrons. The van der Waals surface area contributed by atoms with Crippen molar-refractivity contribution in [2.24, 2.45) is 5.92 Å². The van der Waals surface area contributed by atoms with E-state index < -0.39 is 0 Å². The van der Waals surface area contributed by atoms with E-state index in [4.69, 9.17) is 0 Å². The minimum absolute atomic E-state index is 0.0639. The highest BCUT2D eigenvalue weighted by atomic mass is 19.1. The minimum Gasteiger partial charge on any atom is -0.312 e. The minimum atomic E-state index is -0.0639. The number of benzene rings is 1. The van der Waals surface area contributed by atoms with E-state index in [1.807, 2.05) is 26.0 Å². The second-order valence-corrected chi connectivity index (χ2v) is 5.68. The SMILES string of the molecule is Cc1cc(CNCC2CCCCC2)cc(C)c1F. The zero-order valence-electron chi connectivity index (χ0n) is 11.6. The highest BCUT2D eigenvalue weighted by molar-refractivity contribution is 5.30. The lowest BCUT2D eigenvalue weighted by Gasteiger charge is -2.21. The van der Waals surface area contributed by atoms with Crippen LogP contribution in [-0.4, -0.2) is 6.54 Å². The number of rotatable bonds is 4. The van der Waals surface area contributed by atoms with Gasteiger partial charge in [0.25, 0.3) is 0 Å². The van der Waals surface area contributed by atoms with Crippen molar-refractivity contribution in [1.29, 1.82) is 0 Å². The van der Waals surface area contributed by atoms with Crippen molar-refractivity contribution >= 4 is 0 Å². The molecule has 0 radical (unpaired) electrons. The summed E-state index contributed by atoms with van der Waals surface area (Å²) in [6.45, 7) is 5.65. The average molecular weight is 249 g/mol. The largest absolute Gasteiger partial charge is 0.312 e. The molecule has 0 heterocycles. The van der Waals surface area contributed by atoms with Gasteiger partial charge < -0.3 is 5.32 Å². The Morgan fingerprint density at radius 3 is 2.33 bits per heavy atom. The van der Waals surface area contributed by atoms with E-state index in [0.717, 1.165) is 30.1 Å². The van der Waals surface area contributed by atoms with Crippen molar-refractivity contribution < 1.29 is 4.39 Å². The lowest BCUT2D eigenvalue weighted by molar-refractivity contribution is 0.342. The summed E-state index contributed by atoms with van der Waals surface area (Å²) in [6, 6.07) is 3.91. The molecule has 1 aliphatic carbocycles. The summed E-state index contributed by atoms with van der Waals surface area (Å²) in [7, 11) is 0. The van der Waals surface area contributed by atoms with Crippen molar-refractivity contribution in [3.05, 3.63) is 34.6 Å². The van der Waals surface area contributed by atoms with E-state index >= 15 is 0 Å². The van der Waals surface area contributed by atoms with Crippen LogP contribution in [0.25, 0.3) is 0 Å². The summed E-state index contributed by atoms with van der Waals surface area (Å²) in [5.41, 5.74) is 2.70. The highest BCUT2D eigenvalue weighted by Gasteiger charge is 2.12. The fourth-order valence-corrected chi connectivity index (χ4v) is 2.95. The zero-order valence-corrected chi connectivity index (χ0v) is 11.6. The first-order valence-electron chi connectivity index (χ1n) is 7.13. The maximum atomic E-state index is 13.5. The Bertz CT molecular complexity index is 371. The van der Waals surface area contributed by atoms with Crippen LogP contribution in [0, 0.1) is 25.6 Å². The quantitative estimate of drug-likeness (QED) is 0.846. The molecule has 0 aromatic heterocycles. The van der Waals surface area contributed by atoms with Gasteiger partial charge in [-0.15, -0.1) is 0 Å². The Balaban J connectivity index is 1.82. The zero-order chi connectivity index (χ0) is 13.0. The summed E-state index contributed by atoms with van der Waals surface area (Å²) in [5, 5.41) is 3.52. The molecule has 18 heavy (non-hydrogen) atoms. The Morgan fingerprint density at radius 2 is 1.72 bits per heavy atom. The smallest absolute Gasteiger partial charge is 0.129 e. The molecule has 2 heteroatoms. The van der Waals surface area contributed by atoms with Crippen LogP contribution in [-0.2, 0) is 6.54 Å². The van der Waals surface area contributed by atoms with Crippen LogP contribution in [0.1, 0.15) is 48.8 Å². The van der Waals surface area contributed by atoms with Crippen LogP contribution in [0.15, 0.2) is 12.1 Å². The molecule has 1 N–H and O–H groups in total. The Kier molecular flexibility index (Phi) is 4.76. The molecule has 1 aromatic carbocycles. The first-order chi connectivity index (χ1) is 8.66. The van der Waals surface area contributed by atoms with Crippen molar-refractivity contribution in [3.63, 3.8) is 0 Å². The monoisotopic (exact) mass is 249 g/mol. The van der Waals surface area contributed by atoms with Crippen LogP contribution in [0.5, 0.6) is 0 Å². The molecule has 1 fully saturated rings. The Labute approximate surface area is 110 Å². The number of hydrogen-bond acceptors (Lipinski definition) is 1. The normalized spacial score (nSPS) is 17.1. The van der Waals surface area contributed by atoms with Crippen LogP contribution in [0.4, 0.5) is 4.39 Å². The third kappa shape index (κ3) is 3.55. The van der Waals surface area contributed by atoms with E-state index in [9.17, 15) is 4.39 Å². The Hall–Kier alpha value is -0.890. The second-order valence-electron chi connectivity index (χ2n) is 5.68. The predicted molar refractivity (Wildman–Crippen MR) is 74.2 cm³/mol. The van der Waals surface area contributed by atoms with Gasteiger partial charge in [-0.2, -0.15) is 0 Å². The molecule has 0 amide bonds. The summed E-state index contributed by atoms with van der Waals surface area (Å²) >= 11 is 0. The fraction of sp³-hybridized carbons (Fsp3) is 0.625. The van der Waals surface area contributed by atoms with Gasteiger partial charge >= 0.3 is 0 Å². The van der Waals surface area contributed by atoms with E-state index in [1.54, 1.807) is 0 Å². The number of hydrogen-bond donors (Lipinski definition) is 1. The molecule has 1 saturated carbocycles. The van der Waals surface area contributed by atoms with Crippen LogP contribution in [0.2, 0.25) is 0 Å². The molecule has 0 bridgehead atoms. The van der Waals surface area contributed by atoms with Crippen LogP contribution >= 0.6 is 0 Å². The second kappa shape index (κ2) is 6.33. The van der Waals surface area contributed by atoms with Crippen molar-refractivity contribution in [3.8, 4) is 0 Å². The van der Waals surface area contributed by atoms with Gasteiger partial charge in [-0.25, -0.2) is 4.39 Å². The lowest BCUT2D eigenvalue weighted by Crippen LogP contribution is -2.24. The van der Waals surface area contributed by atoms with Gasteiger partial charge in [-0.3, -0.25) is 0 Å². The molecule has 0 aliphatic heterocycles. The third-order valence-electron chi connectivity index (χ3n) is 3.98. The van der Waals surface area contributed by atoms with Crippen LogP contribution < -0.4 is 5.32 Å². The van der Waals surface area contributed by atoms with Gasteiger partial charge in [-0.05, 0) is 55.8 Å². The molecular formula is C16H24FN. The molecule has 1 aliphatic rings. The summed E-state index contributed by atoms with van der Waals surface area (Å²) in [4.78, 5) is 0.